The highest BCUT2D eigenvalue weighted by Gasteiger charge is 2.14. The van der Waals surface area contributed by atoms with E-state index < -0.39 is 0 Å². The van der Waals surface area contributed by atoms with E-state index in [-0.39, 0.29) is 12.3 Å². The van der Waals surface area contributed by atoms with E-state index in [2.05, 4.69) is 36.5 Å². The van der Waals surface area contributed by atoms with Gasteiger partial charge in [-0.2, -0.15) is 0 Å². The standard InChI is InChI=1S/C13H21NO2/c1-10-5-7-12(8-6-10)9-14-11(2)13(15-3)16-4/h5-8,11,13-14H,9H2,1-4H3. The molecular weight excluding hydrogens is 202 g/mol. The summed E-state index contributed by atoms with van der Waals surface area (Å²) in [6.07, 6.45) is -0.203. The van der Waals surface area contributed by atoms with Crippen molar-refractivity contribution >= 4 is 0 Å². The Morgan fingerprint density at radius 3 is 2.19 bits per heavy atom. The predicted octanol–water partition coefficient (Wildman–Crippen LogP) is 2.09. The van der Waals surface area contributed by atoms with Crippen LogP contribution in [0.15, 0.2) is 24.3 Å². The van der Waals surface area contributed by atoms with Gasteiger partial charge in [-0.1, -0.05) is 29.8 Å². The lowest BCUT2D eigenvalue weighted by Gasteiger charge is -2.22. The molecule has 0 bridgehead atoms. The largest absolute Gasteiger partial charge is 0.354 e. The van der Waals surface area contributed by atoms with Gasteiger partial charge in [-0.25, -0.2) is 0 Å². The molecule has 1 aromatic rings. The molecule has 1 unspecified atom stereocenters. The Kier molecular flexibility index (Phi) is 5.46. The zero-order chi connectivity index (χ0) is 12.0. The molecule has 0 amide bonds. The molecule has 1 atom stereocenters. The van der Waals surface area contributed by atoms with Crippen molar-refractivity contribution in [2.75, 3.05) is 14.2 Å². The van der Waals surface area contributed by atoms with Gasteiger partial charge in [0, 0.05) is 20.8 Å². The first-order valence-corrected chi connectivity index (χ1v) is 5.52. The lowest BCUT2D eigenvalue weighted by Crippen LogP contribution is -2.39. The molecule has 0 saturated heterocycles. The van der Waals surface area contributed by atoms with E-state index in [9.17, 15) is 0 Å². The van der Waals surface area contributed by atoms with Gasteiger partial charge in [-0.05, 0) is 19.4 Å². The van der Waals surface area contributed by atoms with Crippen LogP contribution < -0.4 is 5.32 Å². The molecule has 0 radical (unpaired) electrons. The molecule has 0 fully saturated rings. The van der Waals surface area contributed by atoms with Crippen LogP contribution >= 0.6 is 0 Å². The van der Waals surface area contributed by atoms with Gasteiger partial charge in [0.05, 0.1) is 6.04 Å². The van der Waals surface area contributed by atoms with Crippen molar-refractivity contribution in [3.63, 3.8) is 0 Å². The van der Waals surface area contributed by atoms with Crippen LogP contribution in [0.3, 0.4) is 0 Å². The average molecular weight is 223 g/mol. The van der Waals surface area contributed by atoms with Crippen LogP contribution in [-0.4, -0.2) is 26.6 Å². The summed E-state index contributed by atoms with van der Waals surface area (Å²) in [6, 6.07) is 8.65. The van der Waals surface area contributed by atoms with Crippen molar-refractivity contribution < 1.29 is 9.47 Å². The summed E-state index contributed by atoms with van der Waals surface area (Å²) in [5, 5.41) is 3.37. The molecule has 0 heterocycles. The lowest BCUT2D eigenvalue weighted by atomic mass is 10.1. The maximum Gasteiger partial charge on any atom is 0.171 e. The monoisotopic (exact) mass is 223 g/mol. The predicted molar refractivity (Wildman–Crippen MR) is 65.3 cm³/mol. The van der Waals surface area contributed by atoms with Gasteiger partial charge in [0.2, 0.25) is 0 Å². The van der Waals surface area contributed by atoms with E-state index in [1.807, 2.05) is 6.92 Å². The molecule has 16 heavy (non-hydrogen) atoms. The molecule has 1 rings (SSSR count). The molecule has 90 valence electrons. The van der Waals surface area contributed by atoms with Crippen molar-refractivity contribution in [3.05, 3.63) is 35.4 Å². The van der Waals surface area contributed by atoms with Crippen molar-refractivity contribution in [1.29, 1.82) is 0 Å². The third-order valence-corrected chi connectivity index (χ3v) is 2.62. The van der Waals surface area contributed by atoms with E-state index >= 15 is 0 Å². The Labute approximate surface area is 97.8 Å². The number of nitrogens with one attached hydrogen (secondary N) is 1. The molecule has 0 aliphatic rings. The van der Waals surface area contributed by atoms with Crippen LogP contribution in [0.5, 0.6) is 0 Å². The molecule has 0 spiro atoms. The maximum atomic E-state index is 5.18. The van der Waals surface area contributed by atoms with Gasteiger partial charge < -0.3 is 14.8 Å². The van der Waals surface area contributed by atoms with E-state index in [4.69, 9.17) is 9.47 Å². The van der Waals surface area contributed by atoms with Crippen LogP contribution in [0.1, 0.15) is 18.1 Å². The normalized spacial score (nSPS) is 13.1. The Balaban J connectivity index is 2.42. The summed E-state index contributed by atoms with van der Waals surface area (Å²) >= 11 is 0. The van der Waals surface area contributed by atoms with Crippen molar-refractivity contribution in [2.45, 2.75) is 32.7 Å². The minimum absolute atomic E-state index is 0.163. The number of aryl methyl sites for hydroxylation is 1. The average Bonchev–Trinajstić information content (AvgIpc) is 2.30. The van der Waals surface area contributed by atoms with E-state index in [1.54, 1.807) is 14.2 Å². The Bertz CT molecular complexity index is 293. The van der Waals surface area contributed by atoms with Gasteiger partial charge in [0.15, 0.2) is 6.29 Å². The number of benzene rings is 1. The van der Waals surface area contributed by atoms with Gasteiger partial charge in [-0.3, -0.25) is 0 Å². The van der Waals surface area contributed by atoms with Crippen LogP contribution in [0.4, 0.5) is 0 Å². The lowest BCUT2D eigenvalue weighted by molar-refractivity contribution is -0.119. The second kappa shape index (κ2) is 6.63. The molecular formula is C13H21NO2. The highest BCUT2D eigenvalue weighted by atomic mass is 16.7. The Morgan fingerprint density at radius 1 is 1.12 bits per heavy atom. The zero-order valence-corrected chi connectivity index (χ0v) is 10.5. The second-order valence-corrected chi connectivity index (χ2v) is 3.99. The van der Waals surface area contributed by atoms with Crippen molar-refractivity contribution in [3.8, 4) is 0 Å². The van der Waals surface area contributed by atoms with Crippen molar-refractivity contribution in [1.82, 2.24) is 5.32 Å². The third-order valence-electron chi connectivity index (χ3n) is 2.62. The summed E-state index contributed by atoms with van der Waals surface area (Å²) in [5.41, 5.74) is 2.55. The van der Waals surface area contributed by atoms with Crippen LogP contribution in [-0.2, 0) is 16.0 Å². The van der Waals surface area contributed by atoms with Crippen molar-refractivity contribution in [2.24, 2.45) is 0 Å². The summed E-state index contributed by atoms with van der Waals surface area (Å²) in [4.78, 5) is 0. The first-order chi connectivity index (χ1) is 7.67. The maximum absolute atomic E-state index is 5.18. The van der Waals surface area contributed by atoms with Gasteiger partial charge in [0.1, 0.15) is 0 Å². The topological polar surface area (TPSA) is 30.5 Å². The first kappa shape index (κ1) is 13.2. The highest BCUT2D eigenvalue weighted by Crippen LogP contribution is 2.04. The van der Waals surface area contributed by atoms with E-state index in [0.29, 0.717) is 0 Å². The fourth-order valence-electron chi connectivity index (χ4n) is 1.59. The molecule has 3 nitrogen and oxygen atoms in total. The minimum atomic E-state index is -0.203. The summed E-state index contributed by atoms with van der Waals surface area (Å²) in [5.74, 6) is 0. The molecule has 1 N–H and O–H groups in total. The van der Waals surface area contributed by atoms with E-state index in [0.717, 1.165) is 6.54 Å². The molecule has 0 aromatic heterocycles. The molecule has 0 aliphatic carbocycles. The number of rotatable bonds is 6. The minimum Gasteiger partial charge on any atom is -0.354 e. The van der Waals surface area contributed by atoms with Crippen LogP contribution in [0, 0.1) is 6.92 Å². The molecule has 0 aliphatic heterocycles. The molecule has 3 heteroatoms. The highest BCUT2D eigenvalue weighted by molar-refractivity contribution is 5.21. The van der Waals surface area contributed by atoms with E-state index in [1.165, 1.54) is 11.1 Å². The van der Waals surface area contributed by atoms with Gasteiger partial charge >= 0.3 is 0 Å². The fraction of sp³-hybridized carbons (Fsp3) is 0.538. The van der Waals surface area contributed by atoms with Gasteiger partial charge in [0.25, 0.3) is 0 Å². The fourth-order valence-corrected chi connectivity index (χ4v) is 1.59. The molecule has 0 saturated carbocycles. The molecule has 1 aromatic carbocycles. The number of hydrogen-bond acceptors (Lipinski definition) is 3. The zero-order valence-electron chi connectivity index (χ0n) is 10.5. The second-order valence-electron chi connectivity index (χ2n) is 3.99. The Hall–Kier alpha value is -0.900. The third kappa shape index (κ3) is 3.93. The summed E-state index contributed by atoms with van der Waals surface area (Å²) in [7, 11) is 3.30. The van der Waals surface area contributed by atoms with Gasteiger partial charge in [-0.15, -0.1) is 0 Å². The smallest absolute Gasteiger partial charge is 0.171 e. The Morgan fingerprint density at radius 2 is 1.69 bits per heavy atom. The quantitative estimate of drug-likeness (QED) is 0.749. The number of methoxy groups -OCH3 is 2. The summed E-state index contributed by atoms with van der Waals surface area (Å²) < 4.78 is 10.4. The summed E-state index contributed by atoms with van der Waals surface area (Å²) in [6.45, 7) is 4.96. The SMILES string of the molecule is COC(OC)C(C)NCc1ccc(C)cc1. The number of hydrogen-bond donors (Lipinski definition) is 1. The van der Waals surface area contributed by atoms with Crippen LogP contribution in [0.25, 0.3) is 0 Å². The van der Waals surface area contributed by atoms with Crippen LogP contribution in [0.2, 0.25) is 0 Å². The number of ether oxygens (including phenoxy) is 2. The first-order valence-electron chi connectivity index (χ1n) is 5.52.